The number of thioether (sulfide) groups is 1. The lowest BCUT2D eigenvalue weighted by atomic mass is 10.1. The van der Waals surface area contributed by atoms with Gasteiger partial charge in [-0.15, -0.1) is 0 Å². The number of para-hydroxylation sites is 1. The van der Waals surface area contributed by atoms with E-state index in [9.17, 15) is 18.8 Å². The number of methoxy groups -OCH3 is 1. The van der Waals surface area contributed by atoms with Gasteiger partial charge in [0.25, 0.3) is 11.1 Å². The molecular formula is C26H19Cl2FN2O5S. The summed E-state index contributed by atoms with van der Waals surface area (Å²) >= 11 is 12.9. The summed E-state index contributed by atoms with van der Waals surface area (Å²) in [5, 5.41) is 2.86. The molecule has 0 spiro atoms. The van der Waals surface area contributed by atoms with Crippen molar-refractivity contribution in [1.82, 2.24) is 4.90 Å². The Morgan fingerprint density at radius 3 is 2.57 bits per heavy atom. The molecule has 0 atom stereocenters. The normalized spacial score (nSPS) is 14.3. The Morgan fingerprint density at radius 2 is 1.86 bits per heavy atom. The third kappa shape index (κ3) is 6.43. The van der Waals surface area contributed by atoms with Crippen LogP contribution in [-0.2, 0) is 16.2 Å². The van der Waals surface area contributed by atoms with E-state index < -0.39 is 29.4 Å². The van der Waals surface area contributed by atoms with E-state index >= 15 is 0 Å². The number of carbonyl (C=O) groups is 3. The number of ether oxygens (including phenoxy) is 2. The number of nitrogens with one attached hydrogen (secondary N) is 1. The molecule has 0 unspecified atom stereocenters. The SMILES string of the molecule is COc1cccc(/C=C2/SC(=O)N(CC(=O)Nc3ccc(F)cc3)C2=O)c1OCc1ccc(Cl)cc1Cl. The Hall–Kier alpha value is -3.53. The first-order valence-electron chi connectivity index (χ1n) is 10.8. The number of nitrogens with zero attached hydrogens (tertiary/aromatic N) is 1. The third-order valence-electron chi connectivity index (χ3n) is 5.21. The van der Waals surface area contributed by atoms with E-state index in [0.29, 0.717) is 50.1 Å². The number of hydrogen-bond acceptors (Lipinski definition) is 6. The van der Waals surface area contributed by atoms with Gasteiger partial charge < -0.3 is 14.8 Å². The van der Waals surface area contributed by atoms with Gasteiger partial charge >= 0.3 is 0 Å². The second-order valence-corrected chi connectivity index (χ2v) is 9.56. The van der Waals surface area contributed by atoms with E-state index in [2.05, 4.69) is 5.32 Å². The molecule has 1 aliphatic rings. The van der Waals surface area contributed by atoms with E-state index in [-0.39, 0.29) is 11.5 Å². The van der Waals surface area contributed by atoms with Crippen LogP contribution in [0.3, 0.4) is 0 Å². The van der Waals surface area contributed by atoms with Crippen molar-refractivity contribution in [3.8, 4) is 11.5 Å². The first-order valence-corrected chi connectivity index (χ1v) is 12.4. The lowest BCUT2D eigenvalue weighted by Gasteiger charge is -2.15. The molecule has 4 rings (SSSR count). The highest BCUT2D eigenvalue weighted by Gasteiger charge is 2.36. The van der Waals surface area contributed by atoms with E-state index in [0.717, 1.165) is 4.90 Å². The zero-order chi connectivity index (χ0) is 26.5. The van der Waals surface area contributed by atoms with Crippen LogP contribution in [0.2, 0.25) is 10.0 Å². The third-order valence-corrected chi connectivity index (χ3v) is 6.70. The van der Waals surface area contributed by atoms with Gasteiger partial charge in [0.15, 0.2) is 11.5 Å². The van der Waals surface area contributed by atoms with Gasteiger partial charge in [-0.3, -0.25) is 19.3 Å². The van der Waals surface area contributed by atoms with Crippen LogP contribution in [0.25, 0.3) is 6.08 Å². The highest BCUT2D eigenvalue weighted by molar-refractivity contribution is 8.18. The quantitative estimate of drug-likeness (QED) is 0.321. The molecule has 1 fully saturated rings. The molecule has 3 amide bonds. The summed E-state index contributed by atoms with van der Waals surface area (Å²) in [6.45, 7) is -0.391. The Morgan fingerprint density at radius 1 is 1.11 bits per heavy atom. The summed E-state index contributed by atoms with van der Waals surface area (Å²) in [5.74, 6) is -0.918. The molecule has 1 heterocycles. The van der Waals surface area contributed by atoms with Crippen LogP contribution < -0.4 is 14.8 Å². The van der Waals surface area contributed by atoms with Crippen molar-refractivity contribution in [3.63, 3.8) is 0 Å². The monoisotopic (exact) mass is 560 g/mol. The smallest absolute Gasteiger partial charge is 0.294 e. The van der Waals surface area contributed by atoms with Gasteiger partial charge in [0.1, 0.15) is 19.0 Å². The molecule has 1 N–H and O–H groups in total. The van der Waals surface area contributed by atoms with Crippen molar-refractivity contribution in [1.29, 1.82) is 0 Å². The maximum atomic E-state index is 13.1. The average molecular weight is 561 g/mol. The Balaban J connectivity index is 1.51. The number of benzene rings is 3. The van der Waals surface area contributed by atoms with Crippen LogP contribution in [0.5, 0.6) is 11.5 Å². The van der Waals surface area contributed by atoms with Crippen LogP contribution >= 0.6 is 35.0 Å². The first kappa shape index (κ1) is 26.5. The topological polar surface area (TPSA) is 84.9 Å². The minimum Gasteiger partial charge on any atom is -0.493 e. The highest BCUT2D eigenvalue weighted by Crippen LogP contribution is 2.38. The lowest BCUT2D eigenvalue weighted by molar-refractivity contribution is -0.127. The number of hydrogen-bond donors (Lipinski definition) is 1. The lowest BCUT2D eigenvalue weighted by Crippen LogP contribution is -2.36. The standard InChI is InChI=1S/C26H19Cl2FN2O5S/c1-35-21-4-2-3-15(24(21)36-14-16-5-6-17(27)12-20(16)28)11-22-25(33)31(26(34)37-22)13-23(32)30-19-9-7-18(29)8-10-19/h2-12H,13-14H2,1H3,(H,30,32)/b22-11+. The predicted molar refractivity (Wildman–Crippen MR) is 141 cm³/mol. The largest absolute Gasteiger partial charge is 0.493 e. The summed E-state index contributed by atoms with van der Waals surface area (Å²) in [6.07, 6.45) is 1.50. The zero-order valence-corrected chi connectivity index (χ0v) is 21.6. The number of carbonyl (C=O) groups excluding carboxylic acids is 3. The Kier molecular flexibility index (Phi) is 8.38. The van der Waals surface area contributed by atoms with Gasteiger partial charge in [0, 0.05) is 26.9 Å². The number of halogens is 3. The summed E-state index contributed by atoms with van der Waals surface area (Å²) < 4.78 is 24.5. The van der Waals surface area contributed by atoms with E-state index in [1.165, 1.54) is 37.5 Å². The molecule has 0 bridgehead atoms. The zero-order valence-electron chi connectivity index (χ0n) is 19.3. The van der Waals surface area contributed by atoms with Crippen LogP contribution in [0.1, 0.15) is 11.1 Å². The average Bonchev–Trinajstić information content (AvgIpc) is 3.12. The molecule has 0 aromatic heterocycles. The van der Waals surface area contributed by atoms with Crippen LogP contribution in [0.4, 0.5) is 14.9 Å². The molecule has 3 aromatic carbocycles. The molecule has 1 saturated heterocycles. The van der Waals surface area contributed by atoms with Crippen molar-refractivity contribution in [2.24, 2.45) is 0 Å². The summed E-state index contributed by atoms with van der Waals surface area (Å²) in [7, 11) is 1.48. The van der Waals surface area contributed by atoms with Gasteiger partial charge in [-0.2, -0.15) is 0 Å². The van der Waals surface area contributed by atoms with Crippen molar-refractivity contribution < 1.29 is 28.2 Å². The first-order chi connectivity index (χ1) is 17.7. The molecule has 190 valence electrons. The Labute approximate surface area is 226 Å². The fourth-order valence-electron chi connectivity index (χ4n) is 3.41. The molecule has 11 heteroatoms. The van der Waals surface area contributed by atoms with Crippen LogP contribution in [0.15, 0.2) is 65.6 Å². The van der Waals surface area contributed by atoms with Gasteiger partial charge in [-0.25, -0.2) is 4.39 Å². The second kappa shape index (κ2) is 11.7. The number of amides is 3. The molecule has 0 aliphatic carbocycles. The molecule has 0 saturated carbocycles. The maximum Gasteiger partial charge on any atom is 0.294 e. The maximum absolute atomic E-state index is 13.1. The van der Waals surface area contributed by atoms with Crippen LogP contribution in [-0.4, -0.2) is 35.6 Å². The van der Waals surface area contributed by atoms with Gasteiger partial charge in [-0.05, 0) is 60.3 Å². The highest BCUT2D eigenvalue weighted by atomic mass is 35.5. The predicted octanol–water partition coefficient (Wildman–Crippen LogP) is 6.40. The summed E-state index contributed by atoms with van der Waals surface area (Å²) in [4.78, 5) is 38.8. The molecule has 0 radical (unpaired) electrons. The number of rotatable bonds is 8. The van der Waals surface area contributed by atoms with Gasteiger partial charge in [-0.1, -0.05) is 41.4 Å². The van der Waals surface area contributed by atoms with E-state index in [1.807, 2.05) is 0 Å². The molecule has 37 heavy (non-hydrogen) atoms. The summed E-state index contributed by atoms with van der Waals surface area (Å²) in [6, 6.07) is 15.3. The Bertz CT molecular complexity index is 1400. The van der Waals surface area contributed by atoms with Crippen molar-refractivity contribution in [2.75, 3.05) is 19.0 Å². The fraction of sp³-hybridized carbons (Fsp3) is 0.115. The van der Waals surface area contributed by atoms with Crippen molar-refractivity contribution in [3.05, 3.63) is 92.6 Å². The van der Waals surface area contributed by atoms with Crippen molar-refractivity contribution in [2.45, 2.75) is 6.61 Å². The van der Waals surface area contributed by atoms with E-state index in [1.54, 1.807) is 36.4 Å². The van der Waals surface area contributed by atoms with Gasteiger partial charge in [0.2, 0.25) is 5.91 Å². The van der Waals surface area contributed by atoms with Gasteiger partial charge in [0.05, 0.1) is 12.0 Å². The molecule has 3 aromatic rings. The molecule has 7 nitrogen and oxygen atoms in total. The fourth-order valence-corrected chi connectivity index (χ4v) is 4.70. The molecule has 1 aliphatic heterocycles. The minimum absolute atomic E-state index is 0.0995. The summed E-state index contributed by atoms with van der Waals surface area (Å²) in [5.41, 5.74) is 1.52. The molecular weight excluding hydrogens is 542 g/mol. The number of imide groups is 1. The second-order valence-electron chi connectivity index (χ2n) is 7.73. The minimum atomic E-state index is -0.626. The van der Waals surface area contributed by atoms with E-state index in [4.69, 9.17) is 32.7 Å². The van der Waals surface area contributed by atoms with Crippen molar-refractivity contribution >= 4 is 63.8 Å². The number of anilines is 1. The van der Waals surface area contributed by atoms with Crippen LogP contribution in [0, 0.1) is 5.82 Å².